The Balaban J connectivity index is 1.85. The Bertz CT molecular complexity index is 406. The summed E-state index contributed by atoms with van der Waals surface area (Å²) in [4.78, 5) is 23.1. The van der Waals surface area contributed by atoms with Gasteiger partial charge in [0.15, 0.2) is 6.10 Å². The lowest BCUT2D eigenvalue weighted by atomic mass is 10.2. The van der Waals surface area contributed by atoms with Crippen molar-refractivity contribution in [1.82, 2.24) is 5.32 Å². The molecule has 2 aliphatic heterocycles. The standard InChI is InChI=1S/C14H25NO3S2Si/c1-21(2,3)14(19-9-4-10-20-14)7-8-15-13(17)11-5-6-12(16)18-11/h11H,4-10H2,1-3H3,(H,15,17)/t11-/m0/s1. The molecule has 21 heavy (non-hydrogen) atoms. The number of thioether (sulfide) groups is 2. The SMILES string of the molecule is C[Si](C)(C)C1(CCNC(=O)[C@@H]2CCC(=O)O2)SCCCS1. The summed E-state index contributed by atoms with van der Waals surface area (Å²) in [5, 5.41) is 2.97. The molecule has 0 radical (unpaired) electrons. The molecule has 4 nitrogen and oxygen atoms in total. The first kappa shape index (κ1) is 17.2. The summed E-state index contributed by atoms with van der Waals surface area (Å²) in [5.41, 5.74) is 0. The number of ether oxygens (including phenoxy) is 1. The molecule has 7 heteroatoms. The number of hydrogen-bond acceptors (Lipinski definition) is 5. The van der Waals surface area contributed by atoms with Crippen LogP contribution in [0.4, 0.5) is 0 Å². The van der Waals surface area contributed by atoms with Crippen molar-refractivity contribution in [3.05, 3.63) is 0 Å². The lowest BCUT2D eigenvalue weighted by molar-refractivity contribution is -0.148. The number of carbonyl (C=O) groups is 2. The summed E-state index contributed by atoms with van der Waals surface area (Å²) < 4.78 is 5.30. The van der Waals surface area contributed by atoms with Gasteiger partial charge in [-0.1, -0.05) is 19.6 Å². The molecule has 120 valence electrons. The number of amides is 1. The second-order valence-corrected chi connectivity index (χ2v) is 15.7. The lowest BCUT2D eigenvalue weighted by Crippen LogP contribution is -2.50. The van der Waals surface area contributed by atoms with Gasteiger partial charge in [0.05, 0.1) is 11.8 Å². The van der Waals surface area contributed by atoms with E-state index in [1.807, 2.05) is 0 Å². The van der Waals surface area contributed by atoms with Crippen LogP contribution in [0.1, 0.15) is 25.7 Å². The number of carbonyl (C=O) groups excluding carboxylic acids is 2. The second-order valence-electron chi connectivity index (χ2n) is 6.61. The Morgan fingerprint density at radius 2 is 2.05 bits per heavy atom. The minimum absolute atomic E-state index is 0.127. The fraction of sp³-hybridized carbons (Fsp3) is 0.857. The first-order chi connectivity index (χ1) is 9.84. The van der Waals surface area contributed by atoms with Crippen molar-refractivity contribution in [2.24, 2.45) is 0 Å². The summed E-state index contributed by atoms with van der Waals surface area (Å²) >= 11 is 4.18. The quantitative estimate of drug-likeness (QED) is 0.612. The number of esters is 1. The molecule has 0 aromatic rings. The summed E-state index contributed by atoms with van der Waals surface area (Å²) in [6.07, 6.45) is 2.61. The van der Waals surface area contributed by atoms with Gasteiger partial charge in [0.2, 0.25) is 0 Å². The molecule has 0 bridgehead atoms. The van der Waals surface area contributed by atoms with Crippen LogP contribution in [0.2, 0.25) is 19.6 Å². The van der Waals surface area contributed by atoms with E-state index in [0.29, 0.717) is 23.1 Å². The van der Waals surface area contributed by atoms with Crippen LogP contribution in [0.5, 0.6) is 0 Å². The molecule has 1 N–H and O–H groups in total. The monoisotopic (exact) mass is 347 g/mol. The van der Waals surface area contributed by atoms with Gasteiger partial charge in [0, 0.05) is 19.4 Å². The Morgan fingerprint density at radius 1 is 1.38 bits per heavy atom. The third-order valence-corrected chi connectivity index (χ3v) is 14.1. The maximum absolute atomic E-state index is 12.0. The Hall–Kier alpha value is -0.143. The van der Waals surface area contributed by atoms with Gasteiger partial charge >= 0.3 is 5.97 Å². The first-order valence-corrected chi connectivity index (χ1v) is 13.1. The van der Waals surface area contributed by atoms with Crippen molar-refractivity contribution in [2.75, 3.05) is 18.1 Å². The summed E-state index contributed by atoms with van der Waals surface area (Å²) in [5.74, 6) is 2.07. The zero-order valence-electron chi connectivity index (χ0n) is 13.1. The van der Waals surface area contributed by atoms with Gasteiger partial charge in [0.1, 0.15) is 0 Å². The highest BCUT2D eigenvalue weighted by Crippen LogP contribution is 2.50. The van der Waals surface area contributed by atoms with Gasteiger partial charge in [-0.3, -0.25) is 9.59 Å². The van der Waals surface area contributed by atoms with E-state index in [9.17, 15) is 9.59 Å². The highest BCUT2D eigenvalue weighted by Gasteiger charge is 2.45. The molecular weight excluding hydrogens is 322 g/mol. The van der Waals surface area contributed by atoms with Crippen molar-refractivity contribution in [2.45, 2.75) is 55.1 Å². The van der Waals surface area contributed by atoms with Crippen LogP contribution in [-0.4, -0.2) is 47.8 Å². The normalized spacial score (nSPS) is 25.5. The van der Waals surface area contributed by atoms with E-state index < -0.39 is 14.2 Å². The van der Waals surface area contributed by atoms with Gasteiger partial charge in [-0.05, 0) is 24.3 Å². The summed E-state index contributed by atoms with van der Waals surface area (Å²) in [6.45, 7) is 7.92. The number of hydrogen-bond donors (Lipinski definition) is 1. The maximum atomic E-state index is 12.0. The molecule has 2 fully saturated rings. The van der Waals surface area contributed by atoms with E-state index in [-0.39, 0.29) is 11.9 Å². The van der Waals surface area contributed by atoms with Crippen LogP contribution in [0.25, 0.3) is 0 Å². The van der Waals surface area contributed by atoms with E-state index >= 15 is 0 Å². The van der Waals surface area contributed by atoms with Gasteiger partial charge in [-0.2, -0.15) is 0 Å². The molecule has 0 saturated carbocycles. The maximum Gasteiger partial charge on any atom is 0.306 e. The van der Waals surface area contributed by atoms with E-state index in [0.717, 1.165) is 6.42 Å². The zero-order valence-corrected chi connectivity index (χ0v) is 15.7. The van der Waals surface area contributed by atoms with Gasteiger partial charge in [-0.25, -0.2) is 0 Å². The van der Waals surface area contributed by atoms with Crippen LogP contribution in [0.3, 0.4) is 0 Å². The number of cyclic esters (lactones) is 1. The Kier molecular flexibility index (Phi) is 5.70. The Labute approximate surface area is 136 Å². The molecule has 2 saturated heterocycles. The molecule has 1 amide bonds. The molecule has 2 aliphatic rings. The second kappa shape index (κ2) is 6.96. The highest BCUT2D eigenvalue weighted by molar-refractivity contribution is 8.21. The van der Waals surface area contributed by atoms with E-state index in [4.69, 9.17) is 4.74 Å². The average Bonchev–Trinajstić information content (AvgIpc) is 2.85. The molecule has 1 atom stereocenters. The number of nitrogens with one attached hydrogen (secondary N) is 1. The highest BCUT2D eigenvalue weighted by atomic mass is 32.2. The fourth-order valence-corrected chi connectivity index (χ4v) is 10.4. The zero-order chi connectivity index (χ0) is 15.5. The van der Waals surface area contributed by atoms with Gasteiger partial charge in [-0.15, -0.1) is 23.5 Å². The minimum Gasteiger partial charge on any atom is -0.452 e. The average molecular weight is 348 g/mol. The van der Waals surface area contributed by atoms with Gasteiger partial charge < -0.3 is 10.1 Å². The largest absolute Gasteiger partial charge is 0.452 e. The fourth-order valence-electron chi connectivity index (χ4n) is 2.70. The predicted octanol–water partition coefficient (Wildman–Crippen LogP) is 2.64. The summed E-state index contributed by atoms with van der Waals surface area (Å²) in [7, 11) is -1.33. The van der Waals surface area contributed by atoms with E-state index in [1.54, 1.807) is 0 Å². The molecule has 0 unspecified atom stereocenters. The van der Waals surface area contributed by atoms with Gasteiger partial charge in [0.25, 0.3) is 5.91 Å². The van der Waals surface area contributed by atoms with Crippen LogP contribution in [0, 0.1) is 0 Å². The molecule has 2 heterocycles. The number of rotatable bonds is 5. The van der Waals surface area contributed by atoms with E-state index in [1.165, 1.54) is 17.9 Å². The lowest BCUT2D eigenvalue weighted by Gasteiger charge is -2.45. The Morgan fingerprint density at radius 3 is 2.57 bits per heavy atom. The topological polar surface area (TPSA) is 55.4 Å². The molecule has 2 rings (SSSR count). The molecular formula is C14H25NO3S2Si. The van der Waals surface area contributed by atoms with Crippen molar-refractivity contribution < 1.29 is 14.3 Å². The summed E-state index contributed by atoms with van der Waals surface area (Å²) in [6, 6.07) is 0. The van der Waals surface area contributed by atoms with Crippen LogP contribution < -0.4 is 5.32 Å². The molecule has 0 spiro atoms. The van der Waals surface area contributed by atoms with Crippen LogP contribution >= 0.6 is 23.5 Å². The van der Waals surface area contributed by atoms with E-state index in [2.05, 4.69) is 48.5 Å². The van der Waals surface area contributed by atoms with Crippen molar-refractivity contribution in [3.63, 3.8) is 0 Å². The predicted molar refractivity (Wildman–Crippen MR) is 92.4 cm³/mol. The molecule has 0 aromatic carbocycles. The van der Waals surface area contributed by atoms with Crippen molar-refractivity contribution in [1.29, 1.82) is 0 Å². The minimum atomic E-state index is -1.33. The van der Waals surface area contributed by atoms with Crippen molar-refractivity contribution >= 4 is 43.5 Å². The van der Waals surface area contributed by atoms with Crippen LogP contribution in [-0.2, 0) is 14.3 Å². The van der Waals surface area contributed by atoms with Crippen LogP contribution in [0.15, 0.2) is 0 Å². The third kappa shape index (κ3) is 4.19. The third-order valence-electron chi connectivity index (χ3n) is 4.03. The first-order valence-electron chi connectivity index (χ1n) is 7.59. The molecule has 0 aromatic heterocycles. The van der Waals surface area contributed by atoms with Crippen molar-refractivity contribution in [3.8, 4) is 0 Å². The smallest absolute Gasteiger partial charge is 0.306 e. The molecule has 0 aliphatic carbocycles.